The van der Waals surface area contributed by atoms with Crippen LogP contribution in [0.2, 0.25) is 0 Å². The van der Waals surface area contributed by atoms with Crippen LogP contribution in [0.1, 0.15) is 17.2 Å². The van der Waals surface area contributed by atoms with Gasteiger partial charge in [-0.2, -0.15) is 22.5 Å². The Kier molecular flexibility index (Phi) is 5.76. The molecule has 0 bridgehead atoms. The maximum atomic E-state index is 14.5. The fraction of sp³-hybridized carbons (Fsp3) is 0.421. The van der Waals surface area contributed by atoms with Crippen molar-refractivity contribution in [2.45, 2.75) is 30.7 Å². The van der Waals surface area contributed by atoms with Gasteiger partial charge in [0.15, 0.2) is 12.2 Å². The lowest BCUT2D eigenvalue weighted by molar-refractivity contribution is -0.204. The molecule has 0 radical (unpaired) electrons. The lowest BCUT2D eigenvalue weighted by Crippen LogP contribution is -2.45. The summed E-state index contributed by atoms with van der Waals surface area (Å²) in [4.78, 5) is 3.86. The summed E-state index contributed by atoms with van der Waals surface area (Å²) >= 11 is 0. The zero-order valence-electron chi connectivity index (χ0n) is 15.2. The van der Waals surface area contributed by atoms with Gasteiger partial charge < -0.3 is 18.9 Å². The predicted octanol–water partition coefficient (Wildman–Crippen LogP) is 4.03. The maximum absolute atomic E-state index is 14.5. The first-order valence-electron chi connectivity index (χ1n) is 8.43. The van der Waals surface area contributed by atoms with Gasteiger partial charge in [-0.15, -0.1) is 0 Å². The summed E-state index contributed by atoms with van der Waals surface area (Å²) in [7, 11) is 2.52. The van der Waals surface area contributed by atoms with E-state index >= 15 is 0 Å². The molecule has 1 aliphatic heterocycles. The molecule has 0 aliphatic carbocycles. The minimum Gasteiger partial charge on any atom is -0.481 e. The van der Waals surface area contributed by atoms with Gasteiger partial charge in [0.1, 0.15) is 0 Å². The van der Waals surface area contributed by atoms with E-state index in [4.69, 9.17) is 18.9 Å². The van der Waals surface area contributed by atoms with E-state index in [2.05, 4.69) is 4.98 Å². The SMILES string of the molecule is COc1ccc([C@@H]2O[C@H](COCc3ccccc3)C(F)(F)C2(F)F)c(OC)n1. The molecule has 1 aromatic heterocycles. The van der Waals surface area contributed by atoms with E-state index < -0.39 is 30.7 Å². The van der Waals surface area contributed by atoms with Crippen LogP contribution < -0.4 is 9.47 Å². The van der Waals surface area contributed by atoms with Gasteiger partial charge in [-0.1, -0.05) is 30.3 Å². The fourth-order valence-corrected chi connectivity index (χ4v) is 2.91. The summed E-state index contributed by atoms with van der Waals surface area (Å²) in [5.74, 6) is -9.08. The minimum atomic E-state index is -4.47. The Balaban J connectivity index is 1.79. The Morgan fingerprint density at radius 2 is 1.68 bits per heavy atom. The van der Waals surface area contributed by atoms with Gasteiger partial charge in [0.25, 0.3) is 0 Å². The van der Waals surface area contributed by atoms with Gasteiger partial charge in [-0.3, -0.25) is 0 Å². The Hall–Kier alpha value is -2.39. The van der Waals surface area contributed by atoms with Crippen molar-refractivity contribution >= 4 is 0 Å². The Morgan fingerprint density at radius 3 is 2.32 bits per heavy atom. The van der Waals surface area contributed by atoms with Crippen LogP contribution in [0.25, 0.3) is 0 Å². The first kappa shape index (κ1) is 20.3. The van der Waals surface area contributed by atoms with Crippen molar-refractivity contribution in [3.8, 4) is 11.8 Å². The molecule has 0 spiro atoms. The van der Waals surface area contributed by atoms with Crippen LogP contribution in [0.15, 0.2) is 42.5 Å². The summed E-state index contributed by atoms with van der Waals surface area (Å²) in [6, 6.07) is 11.2. The molecule has 0 unspecified atom stereocenters. The lowest BCUT2D eigenvalue weighted by Gasteiger charge is -2.23. The second kappa shape index (κ2) is 7.92. The number of hydrogen-bond donors (Lipinski definition) is 0. The zero-order chi connectivity index (χ0) is 20.4. The molecule has 1 saturated heterocycles. The molecule has 0 N–H and O–H groups in total. The first-order valence-corrected chi connectivity index (χ1v) is 8.43. The molecular weight excluding hydrogens is 382 g/mol. The number of hydrogen-bond acceptors (Lipinski definition) is 5. The third-order valence-corrected chi connectivity index (χ3v) is 4.41. The van der Waals surface area contributed by atoms with Crippen LogP contribution in [0.3, 0.4) is 0 Å². The van der Waals surface area contributed by atoms with Gasteiger partial charge in [0.05, 0.1) is 27.4 Å². The monoisotopic (exact) mass is 401 g/mol. The molecule has 152 valence electrons. The van der Waals surface area contributed by atoms with Crippen LogP contribution in [0, 0.1) is 0 Å². The second-order valence-electron chi connectivity index (χ2n) is 6.20. The van der Waals surface area contributed by atoms with Crippen molar-refractivity contribution < 1.29 is 36.5 Å². The normalized spacial score (nSPS) is 22.8. The van der Waals surface area contributed by atoms with Crippen LogP contribution in [0.4, 0.5) is 17.6 Å². The van der Waals surface area contributed by atoms with Crippen LogP contribution >= 0.6 is 0 Å². The van der Waals surface area contributed by atoms with Crippen molar-refractivity contribution in [2.24, 2.45) is 0 Å². The van der Waals surface area contributed by atoms with Crippen LogP contribution in [-0.4, -0.2) is 43.8 Å². The predicted molar refractivity (Wildman–Crippen MR) is 90.9 cm³/mol. The largest absolute Gasteiger partial charge is 0.481 e. The number of aromatic nitrogens is 1. The van der Waals surface area contributed by atoms with E-state index in [0.717, 1.165) is 5.56 Å². The molecule has 0 saturated carbocycles. The molecule has 1 aliphatic rings. The Morgan fingerprint density at radius 1 is 0.964 bits per heavy atom. The topological polar surface area (TPSA) is 49.8 Å². The summed E-state index contributed by atoms with van der Waals surface area (Å²) < 4.78 is 77.9. The van der Waals surface area contributed by atoms with Crippen LogP contribution in [0.5, 0.6) is 11.8 Å². The van der Waals surface area contributed by atoms with Crippen molar-refractivity contribution in [3.05, 3.63) is 53.6 Å². The molecule has 2 atom stereocenters. The first-order chi connectivity index (χ1) is 13.3. The summed E-state index contributed by atoms with van der Waals surface area (Å²) in [6.45, 7) is -0.694. The molecule has 2 heterocycles. The van der Waals surface area contributed by atoms with Gasteiger partial charge in [-0.25, -0.2) is 0 Å². The number of pyridine rings is 1. The van der Waals surface area contributed by atoms with Gasteiger partial charge >= 0.3 is 11.8 Å². The van der Waals surface area contributed by atoms with E-state index in [1.165, 1.54) is 26.4 Å². The molecule has 1 aromatic carbocycles. The van der Waals surface area contributed by atoms with Gasteiger partial charge in [-0.05, 0) is 11.6 Å². The van der Waals surface area contributed by atoms with Crippen molar-refractivity contribution in [3.63, 3.8) is 0 Å². The molecule has 3 rings (SSSR count). The highest BCUT2D eigenvalue weighted by Crippen LogP contribution is 2.55. The van der Waals surface area contributed by atoms with Crippen LogP contribution in [-0.2, 0) is 16.1 Å². The summed E-state index contributed by atoms with van der Waals surface area (Å²) in [5.41, 5.74) is 0.437. The van der Waals surface area contributed by atoms with E-state index in [0.29, 0.717) is 0 Å². The van der Waals surface area contributed by atoms with Crippen molar-refractivity contribution in [1.82, 2.24) is 4.98 Å². The van der Waals surface area contributed by atoms with Gasteiger partial charge in [0.2, 0.25) is 11.8 Å². The number of alkyl halides is 4. The number of nitrogens with zero attached hydrogens (tertiary/aromatic N) is 1. The second-order valence-corrected chi connectivity index (χ2v) is 6.20. The number of halogens is 4. The highest BCUT2D eigenvalue weighted by molar-refractivity contribution is 5.35. The van der Waals surface area contributed by atoms with E-state index in [1.807, 2.05) is 0 Å². The fourth-order valence-electron chi connectivity index (χ4n) is 2.91. The Labute approximate surface area is 159 Å². The highest BCUT2D eigenvalue weighted by Gasteiger charge is 2.73. The Bertz CT molecular complexity index is 804. The average Bonchev–Trinajstić information content (AvgIpc) is 2.87. The molecular formula is C19H19F4NO4. The summed E-state index contributed by atoms with van der Waals surface area (Å²) in [6.07, 6.45) is -4.36. The van der Waals surface area contributed by atoms with Gasteiger partial charge in [0, 0.05) is 11.6 Å². The minimum absolute atomic E-state index is 0.000427. The van der Waals surface area contributed by atoms with Crippen molar-refractivity contribution in [2.75, 3.05) is 20.8 Å². The zero-order valence-corrected chi connectivity index (χ0v) is 15.2. The quantitative estimate of drug-likeness (QED) is 0.656. The number of methoxy groups -OCH3 is 2. The maximum Gasteiger partial charge on any atom is 0.342 e. The molecule has 2 aromatic rings. The number of ether oxygens (including phenoxy) is 4. The van der Waals surface area contributed by atoms with Crippen molar-refractivity contribution in [1.29, 1.82) is 0 Å². The molecule has 28 heavy (non-hydrogen) atoms. The standard InChI is InChI=1S/C19H19F4NO4/c1-25-15-9-8-13(17(24-15)26-2)16-19(22,23)18(20,21)14(28-16)11-27-10-12-6-4-3-5-7-12/h3-9,14,16H,10-11H2,1-2H3/t14-,16+/m1/s1. The third-order valence-electron chi connectivity index (χ3n) is 4.41. The average molecular weight is 401 g/mol. The summed E-state index contributed by atoms with van der Waals surface area (Å²) in [5, 5.41) is 0. The molecule has 0 amide bonds. The van der Waals surface area contributed by atoms with E-state index in [9.17, 15) is 17.6 Å². The molecule has 5 nitrogen and oxygen atoms in total. The van der Waals surface area contributed by atoms with E-state index in [1.54, 1.807) is 30.3 Å². The molecule has 9 heteroatoms. The molecule has 1 fully saturated rings. The smallest absolute Gasteiger partial charge is 0.342 e. The van der Waals surface area contributed by atoms with E-state index in [-0.39, 0.29) is 23.9 Å². The number of rotatable bonds is 7. The highest BCUT2D eigenvalue weighted by atomic mass is 19.3. The third kappa shape index (κ3) is 3.64. The lowest BCUT2D eigenvalue weighted by atomic mass is 10.0. The number of benzene rings is 1.